The van der Waals surface area contributed by atoms with E-state index in [9.17, 15) is 16.8 Å². The maximum atomic E-state index is 13.0. The highest BCUT2D eigenvalue weighted by atomic mass is 35.5. The summed E-state index contributed by atoms with van der Waals surface area (Å²) in [6, 6.07) is 24.7. The van der Waals surface area contributed by atoms with Crippen molar-refractivity contribution in [2.24, 2.45) is 0 Å². The Morgan fingerprint density at radius 1 is 0.658 bits per heavy atom. The van der Waals surface area contributed by atoms with E-state index in [0.29, 0.717) is 27.4 Å². The molecule has 1 heterocycles. The van der Waals surface area contributed by atoms with E-state index in [1.807, 2.05) is 0 Å². The fraction of sp³-hybridized carbons (Fsp3) is 0. The lowest BCUT2D eigenvalue weighted by atomic mass is 10.3. The van der Waals surface area contributed by atoms with Crippen molar-refractivity contribution in [1.29, 1.82) is 0 Å². The summed E-state index contributed by atoms with van der Waals surface area (Å²) in [7, 11) is -7.80. The summed E-state index contributed by atoms with van der Waals surface area (Å²) in [4.78, 5) is 9.14. The number of halogens is 1. The van der Waals surface area contributed by atoms with Gasteiger partial charge in [-0.15, -0.1) is 0 Å². The van der Waals surface area contributed by atoms with Crippen molar-refractivity contribution in [3.05, 3.63) is 102 Å². The number of nitrogens with zero attached hydrogens (tertiary/aromatic N) is 2. The van der Waals surface area contributed by atoms with Gasteiger partial charge in [-0.1, -0.05) is 29.8 Å². The second-order valence-corrected chi connectivity index (χ2v) is 12.3. The minimum absolute atomic E-state index is 0.00100. The molecule has 192 valence electrons. The van der Waals surface area contributed by atoms with Crippen LogP contribution in [-0.4, -0.2) is 26.8 Å². The largest absolute Gasteiger partial charge is 0.399 e. The predicted molar refractivity (Wildman–Crippen MR) is 148 cm³/mol. The van der Waals surface area contributed by atoms with Gasteiger partial charge >= 0.3 is 0 Å². The number of hydrogen-bond donors (Lipinski definition) is 3. The van der Waals surface area contributed by atoms with Crippen LogP contribution >= 0.6 is 11.6 Å². The molecule has 12 heteroatoms. The van der Waals surface area contributed by atoms with Gasteiger partial charge in [0.05, 0.1) is 25.7 Å². The van der Waals surface area contributed by atoms with E-state index in [2.05, 4.69) is 20.0 Å². The van der Waals surface area contributed by atoms with E-state index in [-0.39, 0.29) is 26.3 Å². The Hall–Kier alpha value is -4.19. The van der Waals surface area contributed by atoms with E-state index in [0.717, 1.165) is 0 Å². The van der Waals surface area contributed by atoms with Crippen molar-refractivity contribution in [2.75, 3.05) is 15.8 Å². The first-order chi connectivity index (χ1) is 18.1. The molecule has 0 aliphatic rings. The minimum atomic E-state index is -4.01. The van der Waals surface area contributed by atoms with Crippen LogP contribution in [0.3, 0.4) is 0 Å². The number of rotatable bonds is 7. The SMILES string of the molecule is Nc1cccc(S(=O)(=O)c2ccc(Nc3nc4ccccc4nc3NS(=O)(=O)c3ccc(Cl)cc3)cc2)c1. The molecule has 0 aliphatic carbocycles. The highest BCUT2D eigenvalue weighted by molar-refractivity contribution is 7.92. The minimum Gasteiger partial charge on any atom is -0.399 e. The van der Waals surface area contributed by atoms with E-state index < -0.39 is 19.9 Å². The maximum Gasteiger partial charge on any atom is 0.263 e. The van der Waals surface area contributed by atoms with Crippen molar-refractivity contribution < 1.29 is 16.8 Å². The second kappa shape index (κ2) is 9.93. The molecule has 5 aromatic rings. The number of fused-ring (bicyclic) bond motifs is 1. The molecule has 4 N–H and O–H groups in total. The van der Waals surface area contributed by atoms with Crippen LogP contribution in [0.5, 0.6) is 0 Å². The Kier molecular flexibility index (Phi) is 6.66. The fourth-order valence-corrected chi connectivity index (χ4v) is 6.08. The Labute approximate surface area is 224 Å². The summed E-state index contributed by atoms with van der Waals surface area (Å²) in [6.45, 7) is 0. The summed E-state index contributed by atoms with van der Waals surface area (Å²) in [5, 5.41) is 3.44. The molecular formula is C26H20ClN5O4S2. The Morgan fingerprint density at radius 3 is 1.89 bits per heavy atom. The average molecular weight is 566 g/mol. The molecule has 0 amide bonds. The lowest BCUT2D eigenvalue weighted by Gasteiger charge is -2.14. The van der Waals surface area contributed by atoms with Gasteiger partial charge in [0.15, 0.2) is 11.6 Å². The van der Waals surface area contributed by atoms with Crippen LogP contribution in [0.1, 0.15) is 0 Å². The van der Waals surface area contributed by atoms with Gasteiger partial charge in [-0.25, -0.2) is 26.8 Å². The summed E-state index contributed by atoms with van der Waals surface area (Å²) in [5.74, 6) is 0.0998. The van der Waals surface area contributed by atoms with Crippen molar-refractivity contribution in [3.63, 3.8) is 0 Å². The molecule has 0 saturated carbocycles. The zero-order valence-corrected chi connectivity index (χ0v) is 21.9. The van der Waals surface area contributed by atoms with Gasteiger partial charge in [-0.05, 0) is 78.9 Å². The molecule has 1 aromatic heterocycles. The number of aromatic nitrogens is 2. The van der Waals surface area contributed by atoms with Crippen LogP contribution in [0, 0.1) is 0 Å². The number of para-hydroxylation sites is 2. The Balaban J connectivity index is 1.49. The molecule has 0 bridgehead atoms. The standard InChI is InChI=1S/C26H20ClN5O4S2/c27-17-8-12-21(13-9-17)38(35,36)32-26-25(30-23-6-1-2-7-24(23)31-26)29-19-10-14-20(15-11-19)37(33,34)22-5-3-4-18(28)16-22/h1-16H,28H2,(H,29,30)(H,31,32). The van der Waals surface area contributed by atoms with E-state index in [4.69, 9.17) is 17.3 Å². The van der Waals surface area contributed by atoms with Crippen molar-refractivity contribution >= 4 is 65.5 Å². The fourth-order valence-electron chi connectivity index (χ4n) is 3.63. The van der Waals surface area contributed by atoms with Gasteiger partial charge in [0.1, 0.15) is 0 Å². The molecule has 0 atom stereocenters. The molecule has 5 rings (SSSR count). The maximum absolute atomic E-state index is 13.0. The van der Waals surface area contributed by atoms with Gasteiger partial charge in [0, 0.05) is 16.4 Å². The molecule has 0 saturated heterocycles. The van der Waals surface area contributed by atoms with Crippen molar-refractivity contribution in [3.8, 4) is 0 Å². The Bertz CT molecular complexity index is 1860. The van der Waals surface area contributed by atoms with Crippen LogP contribution in [0.25, 0.3) is 11.0 Å². The predicted octanol–water partition coefficient (Wildman–Crippen LogP) is 5.24. The molecule has 0 aliphatic heterocycles. The number of hydrogen-bond acceptors (Lipinski definition) is 8. The summed E-state index contributed by atoms with van der Waals surface area (Å²) >= 11 is 5.89. The third kappa shape index (κ3) is 5.25. The molecule has 38 heavy (non-hydrogen) atoms. The quantitative estimate of drug-likeness (QED) is 0.227. The first-order valence-corrected chi connectivity index (χ1v) is 14.5. The molecule has 0 unspecified atom stereocenters. The third-order valence-corrected chi connectivity index (χ3v) is 8.90. The van der Waals surface area contributed by atoms with Crippen LogP contribution in [0.15, 0.2) is 112 Å². The Morgan fingerprint density at radius 2 is 1.26 bits per heavy atom. The number of benzene rings is 4. The first kappa shape index (κ1) is 25.5. The summed E-state index contributed by atoms with van der Waals surface area (Å²) in [6.07, 6.45) is 0. The number of anilines is 4. The van der Waals surface area contributed by atoms with Gasteiger partial charge in [-0.3, -0.25) is 4.72 Å². The van der Waals surface area contributed by atoms with Crippen LogP contribution in [0.2, 0.25) is 5.02 Å². The zero-order chi connectivity index (χ0) is 26.9. The number of nitrogens with two attached hydrogens (primary N) is 1. The monoisotopic (exact) mass is 565 g/mol. The summed E-state index contributed by atoms with van der Waals surface area (Å²) < 4.78 is 54.5. The van der Waals surface area contributed by atoms with Crippen LogP contribution in [-0.2, 0) is 19.9 Å². The second-order valence-electron chi connectivity index (χ2n) is 8.19. The lowest BCUT2D eigenvalue weighted by Crippen LogP contribution is -2.16. The smallest absolute Gasteiger partial charge is 0.263 e. The van der Waals surface area contributed by atoms with Gasteiger partial charge in [0.2, 0.25) is 9.84 Å². The van der Waals surface area contributed by atoms with E-state index in [1.54, 1.807) is 48.5 Å². The molecule has 4 aromatic carbocycles. The highest BCUT2D eigenvalue weighted by Crippen LogP contribution is 2.29. The highest BCUT2D eigenvalue weighted by Gasteiger charge is 2.20. The van der Waals surface area contributed by atoms with Crippen molar-refractivity contribution in [1.82, 2.24) is 9.97 Å². The molecule has 0 fully saturated rings. The summed E-state index contributed by atoms with van der Waals surface area (Å²) in [5.41, 5.74) is 7.56. The van der Waals surface area contributed by atoms with Crippen LogP contribution < -0.4 is 15.8 Å². The zero-order valence-electron chi connectivity index (χ0n) is 19.5. The first-order valence-electron chi connectivity index (χ1n) is 11.1. The number of nitrogen functional groups attached to an aromatic ring is 1. The van der Waals surface area contributed by atoms with Gasteiger partial charge in [-0.2, -0.15) is 0 Å². The topological polar surface area (TPSA) is 144 Å². The molecular weight excluding hydrogens is 546 g/mol. The normalized spacial score (nSPS) is 11.8. The third-order valence-electron chi connectivity index (χ3n) is 5.52. The van der Waals surface area contributed by atoms with Crippen LogP contribution in [0.4, 0.5) is 23.0 Å². The van der Waals surface area contributed by atoms with E-state index >= 15 is 0 Å². The van der Waals surface area contributed by atoms with Crippen molar-refractivity contribution in [2.45, 2.75) is 14.7 Å². The molecule has 9 nitrogen and oxygen atoms in total. The molecule has 0 radical (unpaired) electrons. The lowest BCUT2D eigenvalue weighted by molar-refractivity contribution is 0.595. The number of nitrogens with one attached hydrogen (secondary N) is 2. The number of sulfone groups is 1. The number of sulfonamides is 1. The molecule has 0 spiro atoms. The van der Waals surface area contributed by atoms with E-state index in [1.165, 1.54) is 48.5 Å². The van der Waals surface area contributed by atoms with Gasteiger partial charge < -0.3 is 11.1 Å². The average Bonchev–Trinajstić information content (AvgIpc) is 2.89. The van der Waals surface area contributed by atoms with Gasteiger partial charge in [0.25, 0.3) is 10.0 Å².